The van der Waals surface area contributed by atoms with Crippen molar-refractivity contribution in [3.63, 3.8) is 0 Å². The molecule has 0 aliphatic rings. The van der Waals surface area contributed by atoms with Gasteiger partial charge in [-0.2, -0.15) is 0 Å². The topological polar surface area (TPSA) is 47.0 Å². The first kappa shape index (κ1) is 15.3. The van der Waals surface area contributed by atoms with Crippen molar-refractivity contribution in [3.05, 3.63) is 53.5 Å². The van der Waals surface area contributed by atoms with E-state index in [1.807, 2.05) is 6.92 Å². The van der Waals surface area contributed by atoms with E-state index in [1.165, 1.54) is 19.5 Å². The molecular formula is C15H17F2N3O. The Bertz CT molecular complexity index is 607. The second-order valence-corrected chi connectivity index (χ2v) is 4.54. The molecule has 0 bridgehead atoms. The van der Waals surface area contributed by atoms with Gasteiger partial charge in [-0.05, 0) is 24.2 Å². The van der Waals surface area contributed by atoms with Gasteiger partial charge in [0.1, 0.15) is 6.33 Å². The molecule has 1 atom stereocenters. The molecule has 0 fully saturated rings. The zero-order valence-corrected chi connectivity index (χ0v) is 11.9. The van der Waals surface area contributed by atoms with Crippen LogP contribution in [0.3, 0.4) is 0 Å². The van der Waals surface area contributed by atoms with Crippen molar-refractivity contribution >= 4 is 0 Å². The molecule has 6 heteroatoms. The second-order valence-electron chi connectivity index (χ2n) is 4.54. The largest absolute Gasteiger partial charge is 0.481 e. The molecule has 0 aliphatic heterocycles. The number of ether oxygens (including phenoxy) is 1. The van der Waals surface area contributed by atoms with Crippen LogP contribution in [0, 0.1) is 11.6 Å². The molecule has 1 aromatic carbocycles. The van der Waals surface area contributed by atoms with Crippen molar-refractivity contribution in [2.75, 3.05) is 13.7 Å². The van der Waals surface area contributed by atoms with Crippen LogP contribution >= 0.6 is 0 Å². The van der Waals surface area contributed by atoms with Crippen LogP contribution in [-0.4, -0.2) is 23.6 Å². The molecule has 0 amide bonds. The fourth-order valence-corrected chi connectivity index (χ4v) is 2.09. The maximum atomic E-state index is 13.4. The first-order valence-corrected chi connectivity index (χ1v) is 6.67. The van der Waals surface area contributed by atoms with Gasteiger partial charge in [-0.25, -0.2) is 18.7 Å². The van der Waals surface area contributed by atoms with Crippen molar-refractivity contribution in [2.24, 2.45) is 0 Å². The monoisotopic (exact) mass is 293 g/mol. The zero-order valence-electron chi connectivity index (χ0n) is 11.9. The van der Waals surface area contributed by atoms with Crippen molar-refractivity contribution in [1.82, 2.24) is 15.3 Å². The van der Waals surface area contributed by atoms with Crippen LogP contribution in [0.1, 0.15) is 24.2 Å². The lowest BCUT2D eigenvalue weighted by atomic mass is 10.0. The summed E-state index contributed by atoms with van der Waals surface area (Å²) < 4.78 is 31.5. The minimum atomic E-state index is -0.851. The predicted octanol–water partition coefficient (Wildman–Crippen LogP) is 2.66. The molecule has 0 spiro atoms. The molecule has 2 aromatic rings. The van der Waals surface area contributed by atoms with Crippen LogP contribution in [0.2, 0.25) is 0 Å². The van der Waals surface area contributed by atoms with E-state index in [4.69, 9.17) is 4.74 Å². The highest BCUT2D eigenvalue weighted by molar-refractivity contribution is 5.24. The smallest absolute Gasteiger partial charge is 0.216 e. The van der Waals surface area contributed by atoms with Gasteiger partial charge in [0.05, 0.1) is 7.11 Å². The van der Waals surface area contributed by atoms with Gasteiger partial charge >= 0.3 is 0 Å². The van der Waals surface area contributed by atoms with E-state index in [0.29, 0.717) is 24.4 Å². The summed E-state index contributed by atoms with van der Waals surface area (Å²) in [5.74, 6) is -1.23. The first-order chi connectivity index (χ1) is 10.1. The summed E-state index contributed by atoms with van der Waals surface area (Å²) in [6, 6.07) is 5.48. The lowest BCUT2D eigenvalue weighted by Gasteiger charge is -2.18. The van der Waals surface area contributed by atoms with Gasteiger partial charge in [-0.3, -0.25) is 0 Å². The number of benzene rings is 1. The summed E-state index contributed by atoms with van der Waals surface area (Å²) in [6.45, 7) is 2.65. The highest BCUT2D eigenvalue weighted by atomic mass is 19.2. The highest BCUT2D eigenvalue weighted by Crippen LogP contribution is 2.21. The summed E-state index contributed by atoms with van der Waals surface area (Å²) in [5, 5.41) is 3.24. The molecule has 4 nitrogen and oxygen atoms in total. The van der Waals surface area contributed by atoms with Crippen LogP contribution in [-0.2, 0) is 6.42 Å². The number of methoxy groups -OCH3 is 1. The maximum Gasteiger partial charge on any atom is 0.216 e. The Kier molecular flexibility index (Phi) is 5.16. The van der Waals surface area contributed by atoms with Crippen LogP contribution in [0.25, 0.3) is 0 Å². The third kappa shape index (κ3) is 3.95. The van der Waals surface area contributed by atoms with Crippen molar-refractivity contribution in [2.45, 2.75) is 19.4 Å². The number of hydrogen-bond donors (Lipinski definition) is 1. The molecule has 0 aliphatic carbocycles. The third-order valence-corrected chi connectivity index (χ3v) is 3.12. The molecule has 1 heterocycles. The number of hydrogen-bond acceptors (Lipinski definition) is 4. The lowest BCUT2D eigenvalue weighted by Crippen LogP contribution is -2.23. The molecule has 0 saturated carbocycles. The number of rotatable bonds is 6. The Morgan fingerprint density at radius 1 is 1.19 bits per heavy atom. The molecule has 1 aromatic heterocycles. The van der Waals surface area contributed by atoms with E-state index in [9.17, 15) is 8.78 Å². The number of halogens is 2. The van der Waals surface area contributed by atoms with Gasteiger partial charge in [-0.15, -0.1) is 0 Å². The number of likely N-dealkylation sites (N-methyl/N-ethyl adjacent to an activating group) is 1. The van der Waals surface area contributed by atoms with Gasteiger partial charge in [0, 0.05) is 24.2 Å². The van der Waals surface area contributed by atoms with E-state index in [0.717, 1.165) is 11.8 Å². The molecule has 0 saturated heterocycles. The molecule has 112 valence electrons. The molecular weight excluding hydrogens is 276 g/mol. The van der Waals surface area contributed by atoms with Gasteiger partial charge in [0.2, 0.25) is 5.88 Å². The number of aromatic nitrogens is 2. The number of nitrogens with zero attached hydrogens (tertiary/aromatic N) is 2. The average molecular weight is 293 g/mol. The fraction of sp³-hybridized carbons (Fsp3) is 0.333. The van der Waals surface area contributed by atoms with Crippen LogP contribution < -0.4 is 10.1 Å². The Morgan fingerprint density at radius 2 is 2.00 bits per heavy atom. The van der Waals surface area contributed by atoms with E-state index in [-0.39, 0.29) is 6.04 Å². The SMILES string of the molecule is CCNC(Cc1cc(OC)ncn1)c1ccc(F)c(F)c1. The summed E-state index contributed by atoms with van der Waals surface area (Å²) in [7, 11) is 1.53. The van der Waals surface area contributed by atoms with Crippen LogP contribution in [0.15, 0.2) is 30.6 Å². The van der Waals surface area contributed by atoms with Gasteiger partial charge in [-0.1, -0.05) is 13.0 Å². The Labute approximate surface area is 122 Å². The summed E-state index contributed by atoms with van der Waals surface area (Å²) >= 11 is 0. The Hall–Kier alpha value is -2.08. The van der Waals surface area contributed by atoms with Gasteiger partial charge in [0.15, 0.2) is 11.6 Å². The quantitative estimate of drug-likeness (QED) is 0.889. The lowest BCUT2D eigenvalue weighted by molar-refractivity contribution is 0.395. The molecule has 21 heavy (non-hydrogen) atoms. The van der Waals surface area contributed by atoms with E-state index >= 15 is 0 Å². The summed E-state index contributed by atoms with van der Waals surface area (Å²) in [5.41, 5.74) is 1.44. The van der Waals surface area contributed by atoms with Gasteiger partial charge in [0.25, 0.3) is 0 Å². The van der Waals surface area contributed by atoms with E-state index in [1.54, 1.807) is 12.1 Å². The average Bonchev–Trinajstić information content (AvgIpc) is 2.50. The maximum absolute atomic E-state index is 13.4. The standard InChI is InChI=1S/C15H17F2N3O/c1-3-18-14(10-4-5-12(16)13(17)6-10)7-11-8-15(21-2)20-9-19-11/h4-6,8-9,14,18H,3,7H2,1-2H3. The van der Waals surface area contributed by atoms with Crippen LogP contribution in [0.5, 0.6) is 5.88 Å². The van der Waals surface area contributed by atoms with Crippen molar-refractivity contribution in [3.8, 4) is 5.88 Å². The zero-order chi connectivity index (χ0) is 15.2. The third-order valence-electron chi connectivity index (χ3n) is 3.12. The van der Waals surface area contributed by atoms with Gasteiger partial charge < -0.3 is 10.1 Å². The van der Waals surface area contributed by atoms with Crippen molar-refractivity contribution in [1.29, 1.82) is 0 Å². The normalized spacial score (nSPS) is 12.2. The minimum absolute atomic E-state index is 0.162. The minimum Gasteiger partial charge on any atom is -0.481 e. The second kappa shape index (κ2) is 7.08. The first-order valence-electron chi connectivity index (χ1n) is 6.67. The van der Waals surface area contributed by atoms with E-state index in [2.05, 4.69) is 15.3 Å². The Balaban J connectivity index is 2.23. The Morgan fingerprint density at radius 3 is 2.67 bits per heavy atom. The molecule has 0 radical (unpaired) electrons. The fourth-order valence-electron chi connectivity index (χ4n) is 2.09. The highest BCUT2D eigenvalue weighted by Gasteiger charge is 2.15. The van der Waals surface area contributed by atoms with E-state index < -0.39 is 11.6 Å². The molecule has 1 N–H and O–H groups in total. The van der Waals surface area contributed by atoms with Crippen LogP contribution in [0.4, 0.5) is 8.78 Å². The van der Waals surface area contributed by atoms with Crippen molar-refractivity contribution < 1.29 is 13.5 Å². The predicted molar refractivity (Wildman–Crippen MR) is 75.1 cm³/mol. The summed E-state index contributed by atoms with van der Waals surface area (Å²) in [4.78, 5) is 8.12. The number of nitrogens with one attached hydrogen (secondary N) is 1. The molecule has 2 rings (SSSR count). The summed E-state index contributed by atoms with van der Waals surface area (Å²) in [6.07, 6.45) is 1.94. The molecule has 1 unspecified atom stereocenters.